The number of hydrogen-bond donors (Lipinski definition) is 0. The zero-order chi connectivity index (χ0) is 15.3. The summed E-state index contributed by atoms with van der Waals surface area (Å²) in [7, 11) is 1.75. The van der Waals surface area contributed by atoms with Crippen LogP contribution in [0.2, 0.25) is 0 Å². The highest BCUT2D eigenvalue weighted by Gasteiger charge is 2.41. The van der Waals surface area contributed by atoms with Gasteiger partial charge in [0, 0.05) is 18.5 Å². The van der Waals surface area contributed by atoms with E-state index in [0.29, 0.717) is 11.3 Å². The molecule has 0 radical (unpaired) electrons. The Balaban J connectivity index is 0.00000242. The number of hydrogen-bond acceptors (Lipinski definition) is 2. The molecule has 0 aromatic heterocycles. The second-order valence-electron chi connectivity index (χ2n) is 6.34. The fourth-order valence-corrected chi connectivity index (χ4v) is 3.93. The molecule has 2 nitrogen and oxygen atoms in total. The molecular formula is C19H30BrNO. The molecule has 1 aromatic carbocycles. The van der Waals surface area contributed by atoms with E-state index < -0.39 is 0 Å². The first-order valence-corrected chi connectivity index (χ1v) is 8.14. The zero-order valence-electron chi connectivity index (χ0n) is 14.2. The maximum absolute atomic E-state index is 5.44. The van der Waals surface area contributed by atoms with Crippen molar-refractivity contribution in [2.75, 3.05) is 26.7 Å². The number of likely N-dealkylation sites (tertiary alicyclic amines) is 1. The van der Waals surface area contributed by atoms with Crippen LogP contribution in [0.15, 0.2) is 36.9 Å². The molecule has 0 bridgehead atoms. The highest BCUT2D eigenvalue weighted by atomic mass is 79.9. The van der Waals surface area contributed by atoms with Crippen LogP contribution in [-0.4, -0.2) is 31.6 Å². The molecule has 124 valence electrons. The third-order valence-electron chi connectivity index (χ3n) is 5.08. The normalized spacial score (nSPS) is 25.3. The predicted octanol–water partition coefficient (Wildman–Crippen LogP) is 4.84. The first kappa shape index (κ1) is 19.2. The van der Waals surface area contributed by atoms with E-state index in [0.717, 1.165) is 25.4 Å². The summed E-state index contributed by atoms with van der Waals surface area (Å²) in [5.41, 5.74) is 1.75. The summed E-state index contributed by atoms with van der Waals surface area (Å²) >= 11 is 0. The number of rotatable bonds is 6. The van der Waals surface area contributed by atoms with E-state index in [1.807, 2.05) is 12.1 Å². The lowest BCUT2D eigenvalue weighted by atomic mass is 9.64. The van der Waals surface area contributed by atoms with Gasteiger partial charge in [-0.25, -0.2) is 0 Å². The van der Waals surface area contributed by atoms with Gasteiger partial charge in [-0.2, -0.15) is 0 Å². The molecule has 0 saturated carbocycles. The summed E-state index contributed by atoms with van der Waals surface area (Å²) in [6.45, 7) is 11.9. The molecule has 1 saturated heterocycles. The van der Waals surface area contributed by atoms with Crippen LogP contribution in [0.5, 0.6) is 5.75 Å². The minimum absolute atomic E-state index is 0. The molecule has 0 unspecified atom stereocenters. The van der Waals surface area contributed by atoms with Crippen LogP contribution < -0.4 is 4.74 Å². The van der Waals surface area contributed by atoms with Crippen LogP contribution in [0.25, 0.3) is 0 Å². The van der Waals surface area contributed by atoms with E-state index in [2.05, 4.69) is 43.5 Å². The Labute approximate surface area is 146 Å². The molecule has 1 aromatic rings. The Morgan fingerprint density at radius 1 is 1.45 bits per heavy atom. The largest absolute Gasteiger partial charge is 0.497 e. The number of nitrogens with zero attached hydrogens (tertiary/aromatic N) is 1. The van der Waals surface area contributed by atoms with Gasteiger partial charge in [0.25, 0.3) is 0 Å². The summed E-state index contributed by atoms with van der Waals surface area (Å²) in [6, 6.07) is 8.71. The summed E-state index contributed by atoms with van der Waals surface area (Å²) in [6.07, 6.45) is 5.72. The van der Waals surface area contributed by atoms with Crippen LogP contribution >= 0.6 is 17.0 Å². The van der Waals surface area contributed by atoms with E-state index in [1.54, 1.807) is 7.11 Å². The molecule has 3 heteroatoms. The van der Waals surface area contributed by atoms with Crippen molar-refractivity contribution in [3.8, 4) is 5.75 Å². The van der Waals surface area contributed by atoms with Crippen molar-refractivity contribution >= 4 is 17.0 Å². The number of halogens is 1. The summed E-state index contributed by atoms with van der Waals surface area (Å²) < 4.78 is 5.44. The van der Waals surface area contributed by atoms with Crippen molar-refractivity contribution in [3.63, 3.8) is 0 Å². The molecule has 1 aliphatic rings. The van der Waals surface area contributed by atoms with Gasteiger partial charge in [-0.1, -0.05) is 38.5 Å². The van der Waals surface area contributed by atoms with Crippen LogP contribution in [0.3, 0.4) is 0 Å². The summed E-state index contributed by atoms with van der Waals surface area (Å²) in [5.74, 6) is 1.63. The number of piperidine rings is 1. The van der Waals surface area contributed by atoms with E-state index in [-0.39, 0.29) is 17.0 Å². The predicted molar refractivity (Wildman–Crippen MR) is 100 cm³/mol. The van der Waals surface area contributed by atoms with Gasteiger partial charge in [-0.3, -0.25) is 4.90 Å². The Morgan fingerprint density at radius 3 is 2.82 bits per heavy atom. The molecule has 2 rings (SSSR count). The maximum Gasteiger partial charge on any atom is 0.119 e. The zero-order valence-corrected chi connectivity index (χ0v) is 15.9. The quantitative estimate of drug-likeness (QED) is 0.667. The Hall–Kier alpha value is -0.800. The number of methoxy groups -OCH3 is 1. The molecular weight excluding hydrogens is 338 g/mol. The van der Waals surface area contributed by atoms with Gasteiger partial charge >= 0.3 is 0 Å². The van der Waals surface area contributed by atoms with Crippen molar-refractivity contribution in [1.82, 2.24) is 4.90 Å². The van der Waals surface area contributed by atoms with E-state index in [1.165, 1.54) is 24.8 Å². The topological polar surface area (TPSA) is 12.5 Å². The lowest BCUT2D eigenvalue weighted by Crippen LogP contribution is -2.48. The molecule has 22 heavy (non-hydrogen) atoms. The van der Waals surface area contributed by atoms with Crippen molar-refractivity contribution in [2.45, 2.75) is 38.5 Å². The molecule has 0 amide bonds. The average molecular weight is 368 g/mol. The Kier molecular flexibility index (Phi) is 7.64. The van der Waals surface area contributed by atoms with E-state index in [9.17, 15) is 0 Å². The maximum atomic E-state index is 5.44. The fourth-order valence-electron chi connectivity index (χ4n) is 3.93. The Bertz CT molecular complexity index is 476. The van der Waals surface area contributed by atoms with Crippen molar-refractivity contribution < 1.29 is 4.74 Å². The van der Waals surface area contributed by atoms with Crippen LogP contribution in [0, 0.1) is 5.92 Å². The Morgan fingerprint density at radius 2 is 2.23 bits per heavy atom. The minimum atomic E-state index is 0. The van der Waals surface area contributed by atoms with Gasteiger partial charge in [0.15, 0.2) is 0 Å². The molecule has 2 atom stereocenters. The minimum Gasteiger partial charge on any atom is -0.497 e. The van der Waals surface area contributed by atoms with E-state index in [4.69, 9.17) is 4.74 Å². The van der Waals surface area contributed by atoms with Crippen molar-refractivity contribution in [2.24, 2.45) is 5.92 Å². The van der Waals surface area contributed by atoms with Crippen LogP contribution in [0.4, 0.5) is 0 Å². The monoisotopic (exact) mass is 367 g/mol. The second-order valence-corrected chi connectivity index (χ2v) is 6.34. The van der Waals surface area contributed by atoms with Gasteiger partial charge in [-0.15, -0.1) is 23.6 Å². The number of ether oxygens (including phenoxy) is 1. The smallest absolute Gasteiger partial charge is 0.119 e. The lowest BCUT2D eigenvalue weighted by Gasteiger charge is -2.47. The summed E-state index contributed by atoms with van der Waals surface area (Å²) in [5, 5.41) is 0. The van der Waals surface area contributed by atoms with Gasteiger partial charge in [0.1, 0.15) is 5.75 Å². The van der Waals surface area contributed by atoms with Gasteiger partial charge in [-0.05, 0) is 43.0 Å². The van der Waals surface area contributed by atoms with Gasteiger partial charge in [0.2, 0.25) is 0 Å². The third kappa shape index (κ3) is 3.94. The molecule has 0 N–H and O–H groups in total. The van der Waals surface area contributed by atoms with Crippen LogP contribution in [-0.2, 0) is 5.41 Å². The average Bonchev–Trinajstić information content (AvgIpc) is 2.50. The molecule has 1 heterocycles. The highest BCUT2D eigenvalue weighted by Crippen LogP contribution is 2.44. The van der Waals surface area contributed by atoms with Gasteiger partial charge < -0.3 is 4.74 Å². The highest BCUT2D eigenvalue weighted by molar-refractivity contribution is 8.93. The first-order chi connectivity index (χ1) is 10.2. The molecule has 1 aliphatic heterocycles. The SMILES string of the molecule is Br.C=CCN1CC[C@@](CCC)(c2cccc(OC)c2)[C@@H](C)C1. The third-order valence-corrected chi connectivity index (χ3v) is 5.08. The molecule has 0 spiro atoms. The summed E-state index contributed by atoms with van der Waals surface area (Å²) in [4.78, 5) is 2.52. The van der Waals surface area contributed by atoms with Crippen LogP contribution in [0.1, 0.15) is 38.7 Å². The first-order valence-electron chi connectivity index (χ1n) is 8.14. The lowest BCUT2D eigenvalue weighted by molar-refractivity contribution is 0.101. The molecule has 1 fully saturated rings. The molecule has 0 aliphatic carbocycles. The fraction of sp³-hybridized carbons (Fsp3) is 0.579. The van der Waals surface area contributed by atoms with Crippen molar-refractivity contribution in [1.29, 1.82) is 0 Å². The number of benzene rings is 1. The van der Waals surface area contributed by atoms with E-state index >= 15 is 0 Å². The second kappa shape index (κ2) is 8.73. The standard InChI is InChI=1S/C19H29NO.BrH/c1-5-10-19(17-8-7-9-18(14-17)21-4)11-13-20(12-6-2)15-16(19)3;/h6-9,14,16H,2,5,10-13,15H2,1,3-4H3;1H/t16-,19+;/m0./s1. The van der Waals surface area contributed by atoms with Crippen molar-refractivity contribution in [3.05, 3.63) is 42.5 Å². The van der Waals surface area contributed by atoms with Gasteiger partial charge in [0.05, 0.1) is 7.11 Å².